The first kappa shape index (κ1) is 19.1. The molecule has 0 saturated heterocycles. The Hall–Kier alpha value is -2.85. The van der Waals surface area contributed by atoms with E-state index in [1.54, 1.807) is 12.3 Å². The van der Waals surface area contributed by atoms with Crippen molar-refractivity contribution in [1.29, 1.82) is 5.26 Å². The average Bonchev–Trinajstić information content (AvgIpc) is 3.35. The summed E-state index contributed by atoms with van der Waals surface area (Å²) < 4.78 is 6.26. The monoisotopic (exact) mass is 464 g/mol. The second-order valence-corrected chi connectivity index (χ2v) is 8.85. The molecular weight excluding hydrogens is 444 g/mol. The number of furan rings is 1. The van der Waals surface area contributed by atoms with Gasteiger partial charge in [-0.1, -0.05) is 6.07 Å². The van der Waals surface area contributed by atoms with Gasteiger partial charge in [0, 0.05) is 41.2 Å². The molecule has 0 spiro atoms. The van der Waals surface area contributed by atoms with Crippen molar-refractivity contribution in [3.8, 4) is 6.07 Å². The van der Waals surface area contributed by atoms with E-state index in [2.05, 4.69) is 43.7 Å². The lowest BCUT2D eigenvalue weighted by Gasteiger charge is -2.31. The molecule has 2 aliphatic carbocycles. The van der Waals surface area contributed by atoms with Crippen LogP contribution in [0.2, 0.25) is 0 Å². The van der Waals surface area contributed by atoms with Gasteiger partial charge in [-0.25, -0.2) is 4.98 Å². The van der Waals surface area contributed by atoms with E-state index in [0.29, 0.717) is 24.1 Å². The topological polar surface area (TPSA) is 91.0 Å². The fourth-order valence-corrected chi connectivity index (χ4v) is 5.00. The minimum absolute atomic E-state index is 0.260. The van der Waals surface area contributed by atoms with E-state index in [1.807, 2.05) is 12.1 Å². The molecule has 0 aliphatic heterocycles. The van der Waals surface area contributed by atoms with Gasteiger partial charge in [-0.05, 0) is 65.7 Å². The summed E-state index contributed by atoms with van der Waals surface area (Å²) in [5, 5.41) is 17.0. The minimum Gasteiger partial charge on any atom is -0.444 e. The number of aryl methyl sites for hydroxylation is 1. The molecular formula is C23H21BrN4O2. The number of hydrogen-bond donors (Lipinski definition) is 2. The number of carbonyl (C=O) groups excluding carboxylic acids is 1. The number of hydrogen-bond acceptors (Lipinski definition) is 6. The zero-order valence-electron chi connectivity index (χ0n) is 16.4. The first-order valence-electron chi connectivity index (χ1n) is 10.3. The smallest absolute Gasteiger partial charge is 0.204 e. The minimum atomic E-state index is 0.260. The molecule has 5 rings (SSSR count). The number of halogens is 1. The summed E-state index contributed by atoms with van der Waals surface area (Å²) in [6, 6.07) is 10.7. The molecule has 2 aliphatic rings. The van der Waals surface area contributed by atoms with Gasteiger partial charge in [-0.3, -0.25) is 4.79 Å². The molecule has 1 fully saturated rings. The molecule has 2 aromatic heterocycles. The molecule has 2 N–H and O–H groups in total. The molecule has 2 heterocycles. The number of nitrogens with one attached hydrogen (secondary N) is 2. The molecule has 0 amide bonds. The SMILES string of the molecule is N#Cc1cc2c(Br)c(NC3CCC(Nc4ccc5c(c4)C(=O)CC5)CC3)ncc2o1. The highest BCUT2D eigenvalue weighted by molar-refractivity contribution is 9.10. The highest BCUT2D eigenvalue weighted by Gasteiger charge is 2.24. The molecule has 0 unspecified atom stereocenters. The predicted octanol–water partition coefficient (Wildman–Crippen LogP) is 5.43. The highest BCUT2D eigenvalue weighted by atomic mass is 79.9. The standard InChI is InChI=1S/C23H21BrN4O2/c24-22-19-10-17(11-25)30-21(19)12-26-23(22)28-15-6-4-14(5-7-15)27-16-3-1-13-2-8-20(29)18(13)9-16/h1,3,9-10,12,14-15,27H,2,4-8H2,(H,26,28). The first-order valence-corrected chi connectivity index (χ1v) is 11.1. The summed E-state index contributed by atoms with van der Waals surface area (Å²) in [4.78, 5) is 16.5. The zero-order chi connectivity index (χ0) is 20.7. The summed E-state index contributed by atoms with van der Waals surface area (Å²) in [6.45, 7) is 0. The Morgan fingerprint density at radius 1 is 1.10 bits per heavy atom. The van der Waals surface area contributed by atoms with Crippen molar-refractivity contribution < 1.29 is 9.21 Å². The van der Waals surface area contributed by atoms with Gasteiger partial charge < -0.3 is 15.1 Å². The number of nitrogens with zero attached hydrogens (tertiary/aromatic N) is 2. The van der Waals surface area contributed by atoms with Crippen molar-refractivity contribution >= 4 is 44.2 Å². The Morgan fingerprint density at radius 2 is 1.87 bits per heavy atom. The number of Topliss-reactive ketones (excluding diaryl/α,β-unsaturated/α-hetero) is 1. The second-order valence-electron chi connectivity index (χ2n) is 8.05. The molecule has 0 radical (unpaired) electrons. The van der Waals surface area contributed by atoms with Crippen LogP contribution in [0.1, 0.15) is 53.8 Å². The maximum Gasteiger partial charge on any atom is 0.204 e. The first-order chi connectivity index (χ1) is 14.6. The van der Waals surface area contributed by atoms with Crippen LogP contribution < -0.4 is 10.6 Å². The van der Waals surface area contributed by atoms with Crippen molar-refractivity contribution in [2.24, 2.45) is 0 Å². The van der Waals surface area contributed by atoms with Crippen LogP contribution in [0.25, 0.3) is 11.0 Å². The third-order valence-corrected chi connectivity index (χ3v) is 6.90. The molecule has 0 bridgehead atoms. The van der Waals surface area contributed by atoms with Crippen LogP contribution in [-0.2, 0) is 6.42 Å². The maximum atomic E-state index is 12.0. The molecule has 6 nitrogen and oxygen atoms in total. The van der Waals surface area contributed by atoms with Gasteiger partial charge in [0.25, 0.3) is 0 Å². The van der Waals surface area contributed by atoms with Gasteiger partial charge in [0.15, 0.2) is 11.4 Å². The van der Waals surface area contributed by atoms with Gasteiger partial charge in [0.1, 0.15) is 11.9 Å². The number of rotatable bonds is 4. The van der Waals surface area contributed by atoms with Gasteiger partial charge in [0.05, 0.1) is 10.7 Å². The number of pyridine rings is 1. The number of ketones is 1. The summed E-state index contributed by atoms with van der Waals surface area (Å²) >= 11 is 3.60. The van der Waals surface area contributed by atoms with Crippen LogP contribution in [0.5, 0.6) is 0 Å². The van der Waals surface area contributed by atoms with Crippen LogP contribution in [0.15, 0.2) is 39.4 Å². The summed E-state index contributed by atoms with van der Waals surface area (Å²) in [7, 11) is 0. The molecule has 1 aromatic carbocycles. The molecule has 0 atom stereocenters. The van der Waals surface area contributed by atoms with E-state index in [4.69, 9.17) is 9.68 Å². The van der Waals surface area contributed by atoms with E-state index in [9.17, 15) is 4.79 Å². The Kier molecular flexibility index (Phi) is 4.95. The number of benzene rings is 1. The van der Waals surface area contributed by atoms with Crippen molar-refractivity contribution in [2.75, 3.05) is 10.6 Å². The molecule has 152 valence electrons. The lowest BCUT2D eigenvalue weighted by atomic mass is 9.91. The third kappa shape index (κ3) is 3.56. The molecule has 7 heteroatoms. The van der Waals surface area contributed by atoms with E-state index in [-0.39, 0.29) is 11.5 Å². The molecule has 1 saturated carbocycles. The van der Waals surface area contributed by atoms with Crippen molar-refractivity contribution in [1.82, 2.24) is 4.98 Å². The second kappa shape index (κ2) is 7.77. The third-order valence-electron chi connectivity index (χ3n) is 6.10. The quantitative estimate of drug-likeness (QED) is 0.534. The Morgan fingerprint density at radius 3 is 2.63 bits per heavy atom. The van der Waals surface area contributed by atoms with Crippen LogP contribution in [0, 0.1) is 11.3 Å². The Balaban J connectivity index is 1.21. The Bertz CT molecular complexity index is 1170. The number of carbonyl (C=O) groups is 1. The lowest BCUT2D eigenvalue weighted by Crippen LogP contribution is -2.32. The number of fused-ring (bicyclic) bond motifs is 2. The largest absolute Gasteiger partial charge is 0.444 e. The van der Waals surface area contributed by atoms with Gasteiger partial charge in [-0.2, -0.15) is 5.26 Å². The summed E-state index contributed by atoms with van der Waals surface area (Å²) in [5.41, 5.74) is 3.71. The van der Waals surface area contributed by atoms with E-state index < -0.39 is 0 Å². The van der Waals surface area contributed by atoms with Crippen LogP contribution in [0.3, 0.4) is 0 Å². The number of aromatic nitrogens is 1. The van der Waals surface area contributed by atoms with Gasteiger partial charge in [0.2, 0.25) is 5.76 Å². The van der Waals surface area contributed by atoms with E-state index >= 15 is 0 Å². The predicted molar refractivity (Wildman–Crippen MR) is 119 cm³/mol. The average molecular weight is 465 g/mol. The van der Waals surface area contributed by atoms with E-state index in [0.717, 1.165) is 59.0 Å². The fraction of sp³-hybridized carbons (Fsp3) is 0.348. The highest BCUT2D eigenvalue weighted by Crippen LogP contribution is 2.34. The molecule has 3 aromatic rings. The number of nitriles is 1. The maximum absolute atomic E-state index is 12.0. The van der Waals surface area contributed by atoms with Crippen molar-refractivity contribution in [2.45, 2.75) is 50.6 Å². The number of anilines is 2. The summed E-state index contributed by atoms with van der Waals surface area (Å²) in [6.07, 6.45) is 7.33. The Labute approximate surface area is 182 Å². The normalized spacial score (nSPS) is 20.7. The van der Waals surface area contributed by atoms with Crippen LogP contribution in [-0.4, -0.2) is 22.9 Å². The zero-order valence-corrected chi connectivity index (χ0v) is 18.0. The fourth-order valence-electron chi connectivity index (χ4n) is 4.47. The van der Waals surface area contributed by atoms with Crippen LogP contribution in [0.4, 0.5) is 11.5 Å². The van der Waals surface area contributed by atoms with Gasteiger partial charge >= 0.3 is 0 Å². The lowest BCUT2D eigenvalue weighted by molar-refractivity contribution is 0.0994. The molecule has 30 heavy (non-hydrogen) atoms. The van der Waals surface area contributed by atoms with Gasteiger partial charge in [-0.15, -0.1) is 0 Å². The van der Waals surface area contributed by atoms with Crippen molar-refractivity contribution in [3.05, 3.63) is 51.8 Å². The summed E-state index contributed by atoms with van der Waals surface area (Å²) in [5.74, 6) is 1.32. The van der Waals surface area contributed by atoms with E-state index in [1.165, 1.54) is 5.56 Å². The van der Waals surface area contributed by atoms with Crippen molar-refractivity contribution in [3.63, 3.8) is 0 Å². The van der Waals surface area contributed by atoms with Crippen LogP contribution >= 0.6 is 15.9 Å².